The van der Waals surface area contributed by atoms with Crippen LogP contribution in [0.1, 0.15) is 55.3 Å². The number of benzene rings is 1. The molecule has 2 amide bonds. The monoisotopic (exact) mass is 328 g/mol. The number of ether oxygens (including phenoxy) is 1. The van der Waals surface area contributed by atoms with Crippen LogP contribution in [-0.2, 0) is 9.53 Å². The van der Waals surface area contributed by atoms with Gasteiger partial charge in [0.2, 0.25) is 5.91 Å². The molecule has 24 heavy (non-hydrogen) atoms. The van der Waals surface area contributed by atoms with Crippen molar-refractivity contribution in [3.05, 3.63) is 35.9 Å². The lowest BCUT2D eigenvalue weighted by atomic mass is 9.89. The molecule has 4 rings (SSSR count). The number of carbonyl (C=O) groups is 2. The summed E-state index contributed by atoms with van der Waals surface area (Å²) in [6.45, 7) is 0.303. The second-order valence-corrected chi connectivity index (χ2v) is 7.16. The number of amides is 2. The summed E-state index contributed by atoms with van der Waals surface area (Å²) in [6.07, 6.45) is 6.95. The van der Waals surface area contributed by atoms with Gasteiger partial charge in [-0.1, -0.05) is 24.6 Å². The van der Waals surface area contributed by atoms with Crippen LogP contribution < -0.4 is 5.32 Å². The van der Waals surface area contributed by atoms with Crippen LogP contribution in [0.25, 0.3) is 0 Å². The van der Waals surface area contributed by atoms with Crippen molar-refractivity contribution >= 4 is 11.8 Å². The molecule has 0 aromatic heterocycles. The van der Waals surface area contributed by atoms with Crippen LogP contribution in [0.4, 0.5) is 0 Å². The van der Waals surface area contributed by atoms with E-state index in [0.717, 1.165) is 44.9 Å². The van der Waals surface area contributed by atoms with E-state index >= 15 is 0 Å². The summed E-state index contributed by atoms with van der Waals surface area (Å²) in [6, 6.07) is 9.00. The van der Waals surface area contributed by atoms with Gasteiger partial charge in [0.15, 0.2) is 0 Å². The van der Waals surface area contributed by atoms with E-state index in [1.54, 1.807) is 4.90 Å². The van der Waals surface area contributed by atoms with Gasteiger partial charge in [0.1, 0.15) is 11.8 Å². The number of nitrogens with one attached hydrogen (secondary N) is 1. The smallest absolute Gasteiger partial charge is 0.256 e. The maximum absolute atomic E-state index is 13.2. The van der Waals surface area contributed by atoms with Crippen molar-refractivity contribution in [3.8, 4) is 0 Å². The molecule has 2 saturated carbocycles. The van der Waals surface area contributed by atoms with Gasteiger partial charge in [-0.3, -0.25) is 14.5 Å². The Bertz CT molecular complexity index is 621. The second kappa shape index (κ2) is 6.20. The van der Waals surface area contributed by atoms with Crippen LogP contribution >= 0.6 is 0 Å². The van der Waals surface area contributed by atoms with E-state index in [0.29, 0.717) is 12.2 Å². The molecular weight excluding hydrogens is 304 g/mol. The van der Waals surface area contributed by atoms with Crippen molar-refractivity contribution in [3.63, 3.8) is 0 Å². The zero-order valence-corrected chi connectivity index (χ0v) is 13.9. The number of rotatable bonds is 3. The highest BCUT2D eigenvalue weighted by molar-refractivity contribution is 5.98. The first kappa shape index (κ1) is 15.6. The second-order valence-electron chi connectivity index (χ2n) is 7.16. The zero-order valence-electron chi connectivity index (χ0n) is 13.9. The molecule has 0 radical (unpaired) electrons. The average molecular weight is 328 g/mol. The normalized spacial score (nSPS) is 25.7. The molecule has 5 heteroatoms. The van der Waals surface area contributed by atoms with Crippen LogP contribution in [0.2, 0.25) is 0 Å². The zero-order chi connectivity index (χ0) is 16.6. The highest BCUT2D eigenvalue weighted by Gasteiger charge is 2.53. The first-order valence-corrected chi connectivity index (χ1v) is 9.03. The highest BCUT2D eigenvalue weighted by Crippen LogP contribution is 2.41. The van der Waals surface area contributed by atoms with Crippen LogP contribution in [0.3, 0.4) is 0 Å². The van der Waals surface area contributed by atoms with Gasteiger partial charge in [0.25, 0.3) is 5.91 Å². The molecule has 2 aliphatic carbocycles. The first-order chi connectivity index (χ1) is 11.7. The standard InChI is InChI=1S/C19H24N2O3/c22-17(20-15-9-10-15)16-13-24-19(11-5-2-6-12-19)21(16)18(23)14-7-3-1-4-8-14/h1,3-4,7-8,15-16H,2,5-6,9-13H2,(H,20,22). The Balaban J connectivity index is 1.64. The largest absolute Gasteiger partial charge is 0.353 e. The van der Waals surface area contributed by atoms with Gasteiger partial charge >= 0.3 is 0 Å². The Morgan fingerprint density at radius 3 is 2.46 bits per heavy atom. The Morgan fingerprint density at radius 1 is 1.08 bits per heavy atom. The van der Waals surface area contributed by atoms with E-state index in [9.17, 15) is 9.59 Å². The van der Waals surface area contributed by atoms with E-state index in [-0.39, 0.29) is 17.9 Å². The molecule has 1 saturated heterocycles. The molecule has 128 valence electrons. The average Bonchev–Trinajstić information content (AvgIpc) is 3.36. The van der Waals surface area contributed by atoms with Crippen molar-refractivity contribution < 1.29 is 14.3 Å². The molecule has 1 spiro atoms. The number of hydrogen-bond donors (Lipinski definition) is 1. The number of nitrogens with zero attached hydrogens (tertiary/aromatic N) is 1. The van der Waals surface area contributed by atoms with Gasteiger partial charge in [0, 0.05) is 11.6 Å². The Kier molecular flexibility index (Phi) is 4.04. The quantitative estimate of drug-likeness (QED) is 0.927. The van der Waals surface area contributed by atoms with E-state index < -0.39 is 11.8 Å². The molecule has 1 aromatic rings. The van der Waals surface area contributed by atoms with Gasteiger partial charge in [-0.2, -0.15) is 0 Å². The lowest BCUT2D eigenvalue weighted by Gasteiger charge is -2.41. The lowest BCUT2D eigenvalue weighted by molar-refractivity contribution is -0.127. The molecule has 0 bridgehead atoms. The molecule has 5 nitrogen and oxygen atoms in total. The predicted molar refractivity (Wildman–Crippen MR) is 89.3 cm³/mol. The fourth-order valence-corrected chi connectivity index (χ4v) is 3.92. The van der Waals surface area contributed by atoms with Crippen molar-refractivity contribution in [2.45, 2.75) is 62.8 Å². The van der Waals surface area contributed by atoms with E-state index in [1.165, 1.54) is 0 Å². The maximum atomic E-state index is 13.2. The Labute approximate surface area is 142 Å². The topological polar surface area (TPSA) is 58.6 Å². The van der Waals surface area contributed by atoms with Gasteiger partial charge < -0.3 is 10.1 Å². The van der Waals surface area contributed by atoms with E-state index in [1.807, 2.05) is 30.3 Å². The first-order valence-electron chi connectivity index (χ1n) is 9.03. The van der Waals surface area contributed by atoms with Crippen molar-refractivity contribution in [1.82, 2.24) is 10.2 Å². The molecule has 1 unspecified atom stereocenters. The van der Waals surface area contributed by atoms with Gasteiger partial charge in [0.05, 0.1) is 6.61 Å². The summed E-state index contributed by atoms with van der Waals surface area (Å²) in [4.78, 5) is 27.6. The maximum Gasteiger partial charge on any atom is 0.256 e. The third-order valence-corrected chi connectivity index (χ3v) is 5.36. The van der Waals surface area contributed by atoms with Crippen LogP contribution in [-0.4, -0.2) is 41.1 Å². The predicted octanol–water partition coefficient (Wildman–Crippen LogP) is 2.47. The van der Waals surface area contributed by atoms with E-state index in [4.69, 9.17) is 4.74 Å². The van der Waals surface area contributed by atoms with Crippen LogP contribution in [0, 0.1) is 0 Å². The molecule has 1 N–H and O–H groups in total. The molecule has 1 aromatic carbocycles. The Hall–Kier alpha value is -1.88. The van der Waals surface area contributed by atoms with Crippen LogP contribution in [0.15, 0.2) is 30.3 Å². The van der Waals surface area contributed by atoms with Gasteiger partial charge in [-0.05, 0) is 50.7 Å². The summed E-state index contributed by atoms with van der Waals surface area (Å²) in [5, 5.41) is 3.04. The summed E-state index contributed by atoms with van der Waals surface area (Å²) < 4.78 is 6.12. The number of hydrogen-bond acceptors (Lipinski definition) is 3. The van der Waals surface area contributed by atoms with E-state index in [2.05, 4.69) is 5.32 Å². The fraction of sp³-hybridized carbons (Fsp3) is 0.579. The molecular formula is C19H24N2O3. The fourth-order valence-electron chi connectivity index (χ4n) is 3.92. The SMILES string of the molecule is O=C(NC1CC1)C1COC2(CCCCC2)N1C(=O)c1ccccc1. The molecule has 1 aliphatic heterocycles. The summed E-state index contributed by atoms with van der Waals surface area (Å²) in [5.74, 6) is -0.157. The minimum absolute atomic E-state index is 0.0655. The summed E-state index contributed by atoms with van der Waals surface area (Å²) in [7, 11) is 0. The van der Waals surface area contributed by atoms with Crippen molar-refractivity contribution in [2.24, 2.45) is 0 Å². The molecule has 1 atom stereocenters. The number of carbonyl (C=O) groups excluding carboxylic acids is 2. The van der Waals surface area contributed by atoms with Crippen LogP contribution in [0.5, 0.6) is 0 Å². The van der Waals surface area contributed by atoms with Gasteiger partial charge in [-0.15, -0.1) is 0 Å². The van der Waals surface area contributed by atoms with Crippen molar-refractivity contribution in [2.75, 3.05) is 6.61 Å². The summed E-state index contributed by atoms with van der Waals surface area (Å²) in [5.41, 5.74) is 0.0219. The molecule has 3 fully saturated rings. The minimum Gasteiger partial charge on any atom is -0.353 e. The minimum atomic E-state index is -0.600. The molecule has 3 aliphatic rings. The lowest BCUT2D eigenvalue weighted by Crippen LogP contribution is -2.56. The third-order valence-electron chi connectivity index (χ3n) is 5.36. The Morgan fingerprint density at radius 2 is 1.79 bits per heavy atom. The molecule has 1 heterocycles. The van der Waals surface area contributed by atoms with Crippen molar-refractivity contribution in [1.29, 1.82) is 0 Å². The highest BCUT2D eigenvalue weighted by atomic mass is 16.5. The third kappa shape index (κ3) is 2.81. The van der Waals surface area contributed by atoms with Gasteiger partial charge in [-0.25, -0.2) is 0 Å². The summed E-state index contributed by atoms with van der Waals surface area (Å²) >= 11 is 0.